The van der Waals surface area contributed by atoms with E-state index in [1.807, 2.05) is 0 Å². The fraction of sp³-hybridized carbons (Fsp3) is 1.00. The van der Waals surface area contributed by atoms with Crippen LogP contribution < -0.4 is 0 Å². The average Bonchev–Trinajstić information content (AvgIpc) is 2.64. The molecule has 0 radical (unpaired) electrons. The van der Waals surface area contributed by atoms with Gasteiger partial charge in [0.1, 0.15) is 5.60 Å². The lowest BCUT2D eigenvalue weighted by molar-refractivity contribution is -0.189. The molecule has 1 aliphatic rings. The van der Waals surface area contributed by atoms with Crippen LogP contribution in [0.1, 0.15) is 6.92 Å². The van der Waals surface area contributed by atoms with Crippen LogP contribution in [0.25, 0.3) is 0 Å². The van der Waals surface area contributed by atoms with Crippen molar-refractivity contribution in [3.8, 4) is 0 Å². The maximum atomic E-state index is 12.0. The molecular weight excluding hydrogens is 161 g/mol. The van der Waals surface area contributed by atoms with Crippen molar-refractivity contribution in [1.82, 2.24) is 0 Å². The van der Waals surface area contributed by atoms with Gasteiger partial charge in [-0.2, -0.15) is 13.2 Å². The van der Waals surface area contributed by atoms with E-state index in [2.05, 4.69) is 4.74 Å². The summed E-state index contributed by atoms with van der Waals surface area (Å²) in [6.07, 6.45) is -4.28. The lowest BCUT2D eigenvalue weighted by atomic mass is 9.95. The third-order valence-corrected chi connectivity index (χ3v) is 2.06. The second-order valence-corrected chi connectivity index (χ2v) is 2.77. The van der Waals surface area contributed by atoms with Gasteiger partial charge >= 0.3 is 6.18 Å². The number of epoxide rings is 1. The first-order chi connectivity index (χ1) is 4.92. The summed E-state index contributed by atoms with van der Waals surface area (Å²) >= 11 is 0. The Labute approximate surface area is 62.0 Å². The average molecular weight is 170 g/mol. The molecule has 2 nitrogen and oxygen atoms in total. The molecule has 66 valence electrons. The van der Waals surface area contributed by atoms with Crippen LogP contribution in [0, 0.1) is 5.92 Å². The minimum absolute atomic E-state index is 0.00414. The van der Waals surface area contributed by atoms with Crippen molar-refractivity contribution in [2.45, 2.75) is 18.7 Å². The molecule has 0 saturated carbocycles. The molecule has 5 heteroatoms. The zero-order valence-electron chi connectivity index (χ0n) is 5.98. The molecule has 2 unspecified atom stereocenters. The topological polar surface area (TPSA) is 32.8 Å². The summed E-state index contributed by atoms with van der Waals surface area (Å²) in [5.74, 6) is -1.58. The van der Waals surface area contributed by atoms with Crippen molar-refractivity contribution in [1.29, 1.82) is 0 Å². The number of rotatable bonds is 2. The van der Waals surface area contributed by atoms with E-state index in [0.717, 1.165) is 6.92 Å². The molecule has 1 fully saturated rings. The molecule has 0 aromatic rings. The number of aliphatic hydroxyl groups excluding tert-OH is 1. The first kappa shape index (κ1) is 8.80. The van der Waals surface area contributed by atoms with Gasteiger partial charge in [-0.1, -0.05) is 6.92 Å². The molecule has 0 aliphatic carbocycles. The predicted octanol–water partition coefficient (Wildman–Crippen LogP) is 0.946. The van der Waals surface area contributed by atoms with E-state index < -0.39 is 24.3 Å². The lowest BCUT2D eigenvalue weighted by Gasteiger charge is -2.20. The molecule has 11 heavy (non-hydrogen) atoms. The molecule has 1 rings (SSSR count). The summed E-state index contributed by atoms with van der Waals surface area (Å²) in [6.45, 7) is 0.459. The maximum absolute atomic E-state index is 12.0. The largest absolute Gasteiger partial charge is 0.394 e. The minimum Gasteiger partial charge on any atom is -0.393 e. The van der Waals surface area contributed by atoms with Gasteiger partial charge in [0, 0.05) is 0 Å². The zero-order valence-corrected chi connectivity index (χ0v) is 5.98. The van der Waals surface area contributed by atoms with Gasteiger partial charge in [-0.05, 0) is 0 Å². The van der Waals surface area contributed by atoms with Gasteiger partial charge in [-0.25, -0.2) is 0 Å². The number of hydrogen-bond donors (Lipinski definition) is 1. The number of ether oxygens (including phenoxy) is 1. The fourth-order valence-electron chi connectivity index (χ4n) is 0.869. The third kappa shape index (κ3) is 1.49. The molecule has 0 aromatic carbocycles. The number of halogens is 3. The molecule has 1 N–H and O–H groups in total. The van der Waals surface area contributed by atoms with Crippen molar-refractivity contribution < 1.29 is 23.0 Å². The van der Waals surface area contributed by atoms with Crippen LogP contribution in [0.5, 0.6) is 0 Å². The van der Waals surface area contributed by atoms with Crippen LogP contribution in [0.4, 0.5) is 13.2 Å². The Bertz CT molecular complexity index is 150. The van der Waals surface area contributed by atoms with E-state index in [-0.39, 0.29) is 6.61 Å². The van der Waals surface area contributed by atoms with Gasteiger partial charge in [-0.15, -0.1) is 0 Å². The predicted molar refractivity (Wildman–Crippen MR) is 31.0 cm³/mol. The highest BCUT2D eigenvalue weighted by Gasteiger charge is 2.59. The normalized spacial score (nSPS) is 33.5. The van der Waals surface area contributed by atoms with Crippen LogP contribution in [-0.4, -0.2) is 30.1 Å². The fourth-order valence-corrected chi connectivity index (χ4v) is 0.869. The van der Waals surface area contributed by atoms with Gasteiger partial charge in [0.15, 0.2) is 0 Å². The van der Waals surface area contributed by atoms with Crippen molar-refractivity contribution in [2.24, 2.45) is 5.92 Å². The highest BCUT2D eigenvalue weighted by molar-refractivity contribution is 4.98. The highest BCUT2D eigenvalue weighted by atomic mass is 19.4. The second kappa shape index (κ2) is 2.35. The molecule has 1 aliphatic heterocycles. The van der Waals surface area contributed by atoms with Crippen LogP contribution >= 0.6 is 0 Å². The Morgan fingerprint density at radius 1 is 1.64 bits per heavy atom. The Balaban J connectivity index is 2.61. The van der Waals surface area contributed by atoms with E-state index in [1.54, 1.807) is 0 Å². The van der Waals surface area contributed by atoms with Crippen LogP contribution in [0.3, 0.4) is 0 Å². The summed E-state index contributed by atoms with van der Waals surface area (Å²) in [5.41, 5.74) is -1.34. The molecule has 0 bridgehead atoms. The molecule has 1 heterocycles. The molecule has 2 atom stereocenters. The zero-order chi connectivity index (χ0) is 8.70. The van der Waals surface area contributed by atoms with E-state index in [4.69, 9.17) is 5.11 Å². The van der Waals surface area contributed by atoms with Crippen molar-refractivity contribution >= 4 is 0 Å². The van der Waals surface area contributed by atoms with Gasteiger partial charge in [0.05, 0.1) is 19.1 Å². The highest BCUT2D eigenvalue weighted by Crippen LogP contribution is 2.43. The number of alkyl halides is 3. The van der Waals surface area contributed by atoms with Gasteiger partial charge < -0.3 is 9.84 Å². The number of hydrogen-bond acceptors (Lipinski definition) is 2. The first-order valence-electron chi connectivity index (χ1n) is 3.24. The van der Waals surface area contributed by atoms with Gasteiger partial charge in [0.25, 0.3) is 0 Å². The molecule has 0 aromatic heterocycles. The van der Waals surface area contributed by atoms with Crippen LogP contribution in [0.2, 0.25) is 0 Å². The van der Waals surface area contributed by atoms with Gasteiger partial charge in [-0.3, -0.25) is 0 Å². The molecule has 0 spiro atoms. The summed E-state index contributed by atoms with van der Waals surface area (Å²) < 4.78 is 40.5. The van der Waals surface area contributed by atoms with Crippen molar-refractivity contribution in [3.05, 3.63) is 0 Å². The minimum atomic E-state index is -4.28. The first-order valence-corrected chi connectivity index (χ1v) is 3.24. The smallest absolute Gasteiger partial charge is 0.393 e. The SMILES string of the molecule is CC(C(F)(F)F)C1(CO)CO1. The molecular formula is C6H9F3O2. The van der Waals surface area contributed by atoms with E-state index >= 15 is 0 Å². The molecule has 1 saturated heterocycles. The summed E-state index contributed by atoms with van der Waals surface area (Å²) in [4.78, 5) is 0. The summed E-state index contributed by atoms with van der Waals surface area (Å²) in [5, 5.41) is 8.57. The van der Waals surface area contributed by atoms with E-state index in [0.29, 0.717) is 0 Å². The van der Waals surface area contributed by atoms with E-state index in [1.165, 1.54) is 0 Å². The van der Waals surface area contributed by atoms with Crippen LogP contribution in [0.15, 0.2) is 0 Å². The third-order valence-electron chi connectivity index (χ3n) is 2.06. The Kier molecular flexibility index (Phi) is 1.88. The second-order valence-electron chi connectivity index (χ2n) is 2.77. The maximum Gasteiger partial charge on any atom is 0.394 e. The summed E-state index contributed by atoms with van der Waals surface area (Å²) in [7, 11) is 0. The lowest BCUT2D eigenvalue weighted by Crippen LogP contribution is -2.37. The Hall–Kier alpha value is -0.290. The van der Waals surface area contributed by atoms with Crippen LogP contribution in [-0.2, 0) is 4.74 Å². The quantitative estimate of drug-likeness (QED) is 0.626. The summed E-state index contributed by atoms with van der Waals surface area (Å²) in [6, 6.07) is 0. The van der Waals surface area contributed by atoms with Crippen molar-refractivity contribution in [2.75, 3.05) is 13.2 Å². The number of aliphatic hydroxyl groups is 1. The molecule has 0 amide bonds. The Morgan fingerprint density at radius 2 is 2.09 bits per heavy atom. The van der Waals surface area contributed by atoms with Gasteiger partial charge in [0.2, 0.25) is 0 Å². The monoisotopic (exact) mass is 170 g/mol. The standard InChI is InChI=1S/C6H9F3O2/c1-4(6(7,8)9)5(2-10)3-11-5/h4,10H,2-3H2,1H3. The van der Waals surface area contributed by atoms with E-state index in [9.17, 15) is 13.2 Å². The van der Waals surface area contributed by atoms with Crippen molar-refractivity contribution in [3.63, 3.8) is 0 Å². The Morgan fingerprint density at radius 3 is 2.18 bits per heavy atom.